The zero-order valence-electron chi connectivity index (χ0n) is 13.9. The lowest BCUT2D eigenvalue weighted by Gasteiger charge is -2.10. The summed E-state index contributed by atoms with van der Waals surface area (Å²) in [6, 6.07) is 11.6. The molecule has 136 valence electrons. The number of rotatable bonds is 5. The molecule has 0 aliphatic carbocycles. The minimum Gasteiger partial charge on any atom is -0.326 e. The normalized spacial score (nSPS) is 14.0. The van der Waals surface area contributed by atoms with Crippen LogP contribution in [0.3, 0.4) is 0 Å². The molecule has 0 radical (unpaired) electrons. The van der Waals surface area contributed by atoms with Crippen molar-refractivity contribution < 1.29 is 17.6 Å². The van der Waals surface area contributed by atoms with Gasteiger partial charge in [-0.2, -0.15) is 0 Å². The number of nitrogens with one attached hydrogen (secondary N) is 2. The van der Waals surface area contributed by atoms with Crippen LogP contribution in [0.4, 0.5) is 10.1 Å². The molecule has 3 rings (SSSR count). The van der Waals surface area contributed by atoms with Crippen molar-refractivity contribution in [3.63, 3.8) is 0 Å². The number of carbonyl (C=O) groups is 1. The molecule has 1 amide bonds. The Labute approximate surface area is 151 Å². The van der Waals surface area contributed by atoms with Crippen molar-refractivity contribution >= 4 is 27.5 Å². The van der Waals surface area contributed by atoms with Gasteiger partial charge in [-0.15, -0.1) is 0 Å². The topological polar surface area (TPSA) is 87.6 Å². The predicted octanol–water partition coefficient (Wildman–Crippen LogP) is 2.48. The number of amidine groups is 1. The highest BCUT2D eigenvalue weighted by Gasteiger charge is 2.18. The molecule has 2 aromatic rings. The molecule has 0 spiro atoms. The van der Waals surface area contributed by atoms with E-state index in [0.717, 1.165) is 6.42 Å². The third-order valence-electron chi connectivity index (χ3n) is 3.83. The molecular formula is C18H18FN3O3S. The number of nitrogens with zero attached hydrogens (tertiary/aromatic N) is 1. The first-order valence-electron chi connectivity index (χ1n) is 8.13. The second kappa shape index (κ2) is 7.65. The molecule has 0 bridgehead atoms. The first-order chi connectivity index (χ1) is 12.4. The van der Waals surface area contributed by atoms with Crippen molar-refractivity contribution in [3.8, 4) is 0 Å². The van der Waals surface area contributed by atoms with Crippen LogP contribution in [0.25, 0.3) is 0 Å². The molecule has 0 unspecified atom stereocenters. The van der Waals surface area contributed by atoms with Crippen molar-refractivity contribution in [2.24, 2.45) is 4.99 Å². The number of amides is 1. The van der Waals surface area contributed by atoms with Crippen LogP contribution in [0.5, 0.6) is 0 Å². The van der Waals surface area contributed by atoms with Crippen molar-refractivity contribution in [1.29, 1.82) is 0 Å². The maximum atomic E-state index is 12.9. The summed E-state index contributed by atoms with van der Waals surface area (Å²) in [5, 5.41) is 2.66. The third-order valence-corrected chi connectivity index (χ3v) is 5.21. The second-order valence-electron chi connectivity index (χ2n) is 5.92. The monoisotopic (exact) mass is 375 g/mol. The Kier molecular flexibility index (Phi) is 5.32. The molecule has 2 N–H and O–H groups in total. The molecule has 2 aromatic carbocycles. The van der Waals surface area contributed by atoms with Gasteiger partial charge in [0, 0.05) is 18.7 Å². The van der Waals surface area contributed by atoms with Gasteiger partial charge in [-0.1, -0.05) is 18.2 Å². The van der Waals surface area contributed by atoms with E-state index in [9.17, 15) is 17.6 Å². The maximum absolute atomic E-state index is 12.9. The quantitative estimate of drug-likeness (QED) is 0.842. The lowest BCUT2D eigenvalue weighted by atomic mass is 10.1. The Balaban J connectivity index is 1.68. The van der Waals surface area contributed by atoms with E-state index in [-0.39, 0.29) is 23.0 Å². The Morgan fingerprint density at radius 3 is 2.62 bits per heavy atom. The van der Waals surface area contributed by atoms with E-state index in [4.69, 9.17) is 0 Å². The zero-order chi connectivity index (χ0) is 18.6. The molecule has 0 saturated carbocycles. The van der Waals surface area contributed by atoms with Crippen LogP contribution in [0, 0.1) is 5.82 Å². The fourth-order valence-corrected chi connectivity index (χ4v) is 3.71. The standard InChI is InChI=1S/C18H18FN3O3S/c19-14-8-6-13(7-9-14)11-18(23)21-15-3-1-4-16(12-15)26(24,25)22-17-5-2-10-20-17/h1,3-4,6-9,12H,2,5,10-11H2,(H,20,22)(H,21,23). The van der Waals surface area contributed by atoms with Crippen molar-refractivity contribution in [2.45, 2.75) is 24.2 Å². The summed E-state index contributed by atoms with van der Waals surface area (Å²) in [6.45, 7) is 0.622. The van der Waals surface area contributed by atoms with Gasteiger partial charge in [0.1, 0.15) is 11.7 Å². The number of benzene rings is 2. The average molecular weight is 375 g/mol. The number of aliphatic imine (C=N–C) groups is 1. The number of hydrogen-bond acceptors (Lipinski definition) is 4. The van der Waals surface area contributed by atoms with E-state index in [1.807, 2.05) is 0 Å². The van der Waals surface area contributed by atoms with Crippen molar-refractivity contribution in [3.05, 3.63) is 59.9 Å². The molecule has 0 saturated heterocycles. The van der Waals surface area contributed by atoms with Gasteiger partial charge < -0.3 is 5.32 Å². The number of sulfonamides is 1. The van der Waals surface area contributed by atoms with Crippen LogP contribution in [0.15, 0.2) is 58.4 Å². The summed E-state index contributed by atoms with van der Waals surface area (Å²) in [5.74, 6) is -0.235. The van der Waals surface area contributed by atoms with Gasteiger partial charge in [0.25, 0.3) is 10.0 Å². The minimum atomic E-state index is -3.74. The van der Waals surface area contributed by atoms with Crippen LogP contribution in [0.1, 0.15) is 18.4 Å². The lowest BCUT2D eigenvalue weighted by Crippen LogP contribution is -2.29. The molecule has 0 atom stereocenters. The van der Waals surface area contributed by atoms with Gasteiger partial charge >= 0.3 is 0 Å². The highest BCUT2D eigenvalue weighted by molar-refractivity contribution is 7.90. The average Bonchev–Trinajstić information content (AvgIpc) is 3.09. The smallest absolute Gasteiger partial charge is 0.262 e. The minimum absolute atomic E-state index is 0.0479. The van der Waals surface area contributed by atoms with Crippen LogP contribution in [-0.4, -0.2) is 26.7 Å². The third kappa shape index (κ3) is 4.66. The zero-order valence-corrected chi connectivity index (χ0v) is 14.7. The van der Waals surface area contributed by atoms with E-state index < -0.39 is 10.0 Å². The summed E-state index contributed by atoms with van der Waals surface area (Å²) in [5.41, 5.74) is 1.03. The van der Waals surface area contributed by atoms with E-state index in [2.05, 4.69) is 15.0 Å². The summed E-state index contributed by atoms with van der Waals surface area (Å²) in [4.78, 5) is 16.3. The van der Waals surface area contributed by atoms with E-state index in [1.54, 1.807) is 12.1 Å². The second-order valence-corrected chi connectivity index (χ2v) is 7.60. The van der Waals surface area contributed by atoms with Gasteiger partial charge in [-0.05, 0) is 42.3 Å². The fourth-order valence-electron chi connectivity index (χ4n) is 2.57. The Bertz CT molecular complexity index is 940. The number of anilines is 1. The molecule has 6 nitrogen and oxygen atoms in total. The molecule has 0 aromatic heterocycles. The van der Waals surface area contributed by atoms with Crippen LogP contribution in [0.2, 0.25) is 0 Å². The Hall–Kier alpha value is -2.74. The summed E-state index contributed by atoms with van der Waals surface area (Å²) in [7, 11) is -3.74. The van der Waals surface area contributed by atoms with Crippen molar-refractivity contribution in [1.82, 2.24) is 4.72 Å². The number of carbonyl (C=O) groups excluding carboxylic acids is 1. The lowest BCUT2D eigenvalue weighted by molar-refractivity contribution is -0.115. The van der Waals surface area contributed by atoms with Gasteiger partial charge in [0.05, 0.1) is 11.3 Å². The molecule has 8 heteroatoms. The Morgan fingerprint density at radius 2 is 1.92 bits per heavy atom. The number of hydrogen-bond donors (Lipinski definition) is 2. The summed E-state index contributed by atoms with van der Waals surface area (Å²) >= 11 is 0. The van der Waals surface area contributed by atoms with Crippen LogP contribution >= 0.6 is 0 Å². The van der Waals surface area contributed by atoms with E-state index in [1.165, 1.54) is 36.4 Å². The van der Waals surface area contributed by atoms with Crippen LogP contribution < -0.4 is 10.0 Å². The van der Waals surface area contributed by atoms with Gasteiger partial charge in [0.15, 0.2) is 0 Å². The SMILES string of the molecule is O=C(Cc1ccc(F)cc1)Nc1cccc(S(=O)(=O)NC2=NCCC2)c1. The summed E-state index contributed by atoms with van der Waals surface area (Å²) in [6.07, 6.45) is 1.50. The van der Waals surface area contributed by atoms with Gasteiger partial charge in [-0.3, -0.25) is 14.5 Å². The largest absolute Gasteiger partial charge is 0.326 e. The number of halogens is 1. The van der Waals surface area contributed by atoms with Gasteiger partial charge in [0.2, 0.25) is 5.91 Å². The molecule has 1 aliphatic rings. The molecule has 1 aliphatic heterocycles. The van der Waals surface area contributed by atoms with E-state index in [0.29, 0.717) is 30.1 Å². The predicted molar refractivity (Wildman–Crippen MR) is 97.0 cm³/mol. The molecule has 0 fully saturated rings. The van der Waals surface area contributed by atoms with E-state index >= 15 is 0 Å². The molecule has 26 heavy (non-hydrogen) atoms. The maximum Gasteiger partial charge on any atom is 0.262 e. The highest BCUT2D eigenvalue weighted by atomic mass is 32.2. The van der Waals surface area contributed by atoms with Crippen LogP contribution in [-0.2, 0) is 21.2 Å². The first kappa shape index (κ1) is 18.1. The van der Waals surface area contributed by atoms with Gasteiger partial charge in [-0.25, -0.2) is 12.8 Å². The fraction of sp³-hybridized carbons (Fsp3) is 0.222. The molecule has 1 heterocycles. The van der Waals surface area contributed by atoms with Crippen molar-refractivity contribution in [2.75, 3.05) is 11.9 Å². The molecular weight excluding hydrogens is 357 g/mol. The highest BCUT2D eigenvalue weighted by Crippen LogP contribution is 2.17. The first-order valence-corrected chi connectivity index (χ1v) is 9.61. The Morgan fingerprint density at radius 1 is 1.15 bits per heavy atom. The summed E-state index contributed by atoms with van der Waals surface area (Å²) < 4.78 is 40.2.